The Morgan fingerprint density at radius 3 is 1.71 bits per heavy atom. The van der Waals surface area contributed by atoms with Crippen molar-refractivity contribution < 1.29 is 64.2 Å². The number of hydrogen-bond donors (Lipinski definition) is 13. The van der Waals surface area contributed by atoms with Gasteiger partial charge in [-0.3, -0.25) is 0 Å². The maximum absolute atomic E-state index is 11.2. The molecule has 3 saturated heterocycles. The van der Waals surface area contributed by atoms with E-state index in [1.54, 1.807) is 0 Å². The first-order valence-corrected chi connectivity index (χ1v) is 15.3. The summed E-state index contributed by atoms with van der Waals surface area (Å²) in [6.07, 6.45) is -19.5. The second-order valence-electron chi connectivity index (χ2n) is 12.6. The van der Waals surface area contributed by atoms with Gasteiger partial charge in [0, 0.05) is 31.2 Å². The Bertz CT molecular complexity index is 931. The highest BCUT2D eigenvalue weighted by Gasteiger charge is 2.54. The molecule has 0 bridgehead atoms. The fourth-order valence-electron chi connectivity index (χ4n) is 6.07. The quantitative estimate of drug-likeness (QED) is 0.0981. The van der Waals surface area contributed by atoms with Crippen LogP contribution in [0.5, 0.6) is 0 Å². The Morgan fingerprint density at radius 1 is 0.644 bits per heavy atom. The standard InChI is InChI=1S/C26H52N6O13/c1-7(2)32-5-11-17(36)19(38)14(31)25(41-11)43-21-9(29)3-8(28)15(34)23(21)45-26-20(39)22(12(6-33)42-26)44-24-13(30)18(37)16(35)10(4-27)40-24/h7-26,32-39H,3-6,27-31H2,1-2H3/t8-,9+,10?,11-,12-,13-,14-,15+,16-,17-,18-,19-,20-,21-,22-,23-,24-,25-,26+/m1/s1. The molecule has 3 heterocycles. The third-order valence-corrected chi connectivity index (χ3v) is 8.87. The fourth-order valence-corrected chi connectivity index (χ4v) is 6.07. The van der Waals surface area contributed by atoms with E-state index in [1.807, 2.05) is 13.8 Å². The summed E-state index contributed by atoms with van der Waals surface area (Å²) in [5.74, 6) is 0. The minimum atomic E-state index is -1.60. The van der Waals surface area contributed by atoms with Crippen LogP contribution in [-0.2, 0) is 28.4 Å². The molecule has 0 radical (unpaired) electrons. The second-order valence-corrected chi connectivity index (χ2v) is 12.6. The Hall–Kier alpha value is -0.760. The Labute approximate surface area is 260 Å². The molecule has 18 N–H and O–H groups in total. The van der Waals surface area contributed by atoms with Crippen LogP contribution in [0.1, 0.15) is 20.3 Å². The third-order valence-electron chi connectivity index (χ3n) is 8.87. The third kappa shape index (κ3) is 7.94. The van der Waals surface area contributed by atoms with Crippen molar-refractivity contribution in [2.24, 2.45) is 28.7 Å². The summed E-state index contributed by atoms with van der Waals surface area (Å²) in [5, 5.41) is 77.0. The molecule has 4 aliphatic rings. The van der Waals surface area contributed by atoms with Crippen LogP contribution in [0.25, 0.3) is 0 Å². The van der Waals surface area contributed by atoms with Crippen molar-refractivity contribution in [1.29, 1.82) is 0 Å². The average Bonchev–Trinajstić information content (AvgIpc) is 3.30. The fraction of sp³-hybridized carbons (Fsp3) is 1.00. The number of nitrogens with one attached hydrogen (secondary N) is 1. The van der Waals surface area contributed by atoms with Gasteiger partial charge in [0.05, 0.1) is 24.8 Å². The number of aliphatic hydroxyl groups is 7. The van der Waals surface area contributed by atoms with Crippen molar-refractivity contribution in [2.75, 3.05) is 19.7 Å². The van der Waals surface area contributed by atoms with Gasteiger partial charge in [0.1, 0.15) is 67.1 Å². The smallest absolute Gasteiger partial charge is 0.187 e. The highest BCUT2D eigenvalue weighted by atomic mass is 16.8. The molecule has 1 unspecified atom stereocenters. The summed E-state index contributed by atoms with van der Waals surface area (Å²) >= 11 is 0. The second kappa shape index (κ2) is 15.6. The normalized spacial score (nSPS) is 51.1. The van der Waals surface area contributed by atoms with E-state index in [0.29, 0.717) is 0 Å². The molecule has 19 atom stereocenters. The molecule has 0 aromatic rings. The Balaban J connectivity index is 1.49. The number of aliphatic hydroxyl groups excluding tert-OH is 7. The predicted octanol–water partition coefficient (Wildman–Crippen LogP) is -7.86. The topological polar surface area (TPSA) is 339 Å². The molecule has 4 fully saturated rings. The molecule has 0 aromatic carbocycles. The van der Waals surface area contributed by atoms with E-state index in [-0.39, 0.29) is 25.6 Å². The molecule has 1 aliphatic carbocycles. The highest BCUT2D eigenvalue weighted by Crippen LogP contribution is 2.34. The SMILES string of the molecule is CC(C)NC[C@H]1O[C@H](O[C@H]2[C@H](O[C@@H]3O[C@H](CO)[C@@H](O[C@H]4OC(CN)[C@@H](O)[C@H](O)[C@H]4N)[C@H]3O)[C@@H](O)[C@H](N)C[C@@H]2N)[C@H](N)[C@@H](O)[C@@H]1O. The Morgan fingerprint density at radius 2 is 1.16 bits per heavy atom. The lowest BCUT2D eigenvalue weighted by Gasteiger charge is -2.47. The number of ether oxygens (including phenoxy) is 6. The predicted molar refractivity (Wildman–Crippen MR) is 152 cm³/mol. The first-order valence-electron chi connectivity index (χ1n) is 15.3. The summed E-state index contributed by atoms with van der Waals surface area (Å²) in [5.41, 5.74) is 30.3. The summed E-state index contributed by atoms with van der Waals surface area (Å²) in [7, 11) is 0. The molecule has 19 heteroatoms. The van der Waals surface area contributed by atoms with Crippen molar-refractivity contribution in [3.8, 4) is 0 Å². The van der Waals surface area contributed by atoms with Gasteiger partial charge in [-0.25, -0.2) is 0 Å². The van der Waals surface area contributed by atoms with Crippen molar-refractivity contribution >= 4 is 0 Å². The zero-order valence-corrected chi connectivity index (χ0v) is 25.3. The summed E-state index contributed by atoms with van der Waals surface area (Å²) in [6.45, 7) is 3.17. The highest BCUT2D eigenvalue weighted by molar-refractivity contribution is 5.02. The maximum Gasteiger partial charge on any atom is 0.187 e. The van der Waals surface area contributed by atoms with Crippen molar-refractivity contribution in [1.82, 2.24) is 5.32 Å². The molecule has 19 nitrogen and oxygen atoms in total. The van der Waals surface area contributed by atoms with Crippen LogP contribution in [0.3, 0.4) is 0 Å². The molecule has 4 rings (SSSR count). The zero-order chi connectivity index (χ0) is 33.3. The monoisotopic (exact) mass is 656 g/mol. The van der Waals surface area contributed by atoms with Gasteiger partial charge < -0.3 is 98.2 Å². The molecule has 0 spiro atoms. The van der Waals surface area contributed by atoms with E-state index < -0.39 is 123 Å². The van der Waals surface area contributed by atoms with Gasteiger partial charge >= 0.3 is 0 Å². The number of rotatable bonds is 11. The first kappa shape index (κ1) is 37.1. The lowest BCUT2D eigenvalue weighted by Crippen LogP contribution is -2.68. The van der Waals surface area contributed by atoms with Crippen molar-refractivity contribution in [2.45, 2.75) is 143 Å². The van der Waals surface area contributed by atoms with Gasteiger partial charge in [-0.05, 0) is 6.42 Å². The van der Waals surface area contributed by atoms with Crippen LogP contribution in [0.2, 0.25) is 0 Å². The van der Waals surface area contributed by atoms with Gasteiger partial charge in [0.2, 0.25) is 0 Å². The van der Waals surface area contributed by atoms with Crippen LogP contribution in [0.15, 0.2) is 0 Å². The van der Waals surface area contributed by atoms with E-state index in [9.17, 15) is 35.7 Å². The minimum absolute atomic E-state index is 0.0571. The van der Waals surface area contributed by atoms with Crippen LogP contribution in [0, 0.1) is 0 Å². The van der Waals surface area contributed by atoms with Crippen LogP contribution in [0.4, 0.5) is 0 Å². The van der Waals surface area contributed by atoms with Crippen molar-refractivity contribution in [3.63, 3.8) is 0 Å². The number of hydrogen-bond acceptors (Lipinski definition) is 19. The van der Waals surface area contributed by atoms with E-state index in [0.717, 1.165) is 0 Å². The van der Waals surface area contributed by atoms with Crippen LogP contribution < -0.4 is 34.0 Å². The maximum atomic E-state index is 11.2. The molecule has 1 saturated carbocycles. The van der Waals surface area contributed by atoms with Gasteiger partial charge in [-0.2, -0.15) is 0 Å². The molecular formula is C26H52N6O13. The lowest BCUT2D eigenvalue weighted by atomic mass is 9.84. The van der Waals surface area contributed by atoms with Gasteiger partial charge in [0.25, 0.3) is 0 Å². The molecule has 0 amide bonds. The summed E-state index contributed by atoms with van der Waals surface area (Å²) in [6, 6.07) is -4.09. The van der Waals surface area contributed by atoms with E-state index in [2.05, 4.69) is 5.32 Å². The van der Waals surface area contributed by atoms with Gasteiger partial charge in [-0.15, -0.1) is 0 Å². The van der Waals surface area contributed by atoms with Crippen LogP contribution >= 0.6 is 0 Å². The lowest BCUT2D eigenvalue weighted by molar-refractivity contribution is -0.307. The molecule has 264 valence electrons. The minimum Gasteiger partial charge on any atom is -0.394 e. The average molecular weight is 657 g/mol. The molecule has 3 aliphatic heterocycles. The number of nitrogens with two attached hydrogens (primary N) is 5. The largest absolute Gasteiger partial charge is 0.394 e. The molecular weight excluding hydrogens is 604 g/mol. The Kier molecular flexibility index (Phi) is 12.9. The molecule has 0 aromatic heterocycles. The van der Waals surface area contributed by atoms with E-state index in [4.69, 9.17) is 57.1 Å². The zero-order valence-electron chi connectivity index (χ0n) is 25.3. The van der Waals surface area contributed by atoms with Crippen LogP contribution in [-0.4, -0.2) is 178 Å². The summed E-state index contributed by atoms with van der Waals surface area (Å²) < 4.78 is 35.2. The van der Waals surface area contributed by atoms with Gasteiger partial charge in [0.15, 0.2) is 18.9 Å². The van der Waals surface area contributed by atoms with Gasteiger partial charge in [-0.1, -0.05) is 13.8 Å². The van der Waals surface area contributed by atoms with E-state index in [1.165, 1.54) is 0 Å². The van der Waals surface area contributed by atoms with E-state index >= 15 is 0 Å². The first-order chi connectivity index (χ1) is 21.2. The molecule has 45 heavy (non-hydrogen) atoms. The summed E-state index contributed by atoms with van der Waals surface area (Å²) in [4.78, 5) is 0. The van der Waals surface area contributed by atoms with Crippen molar-refractivity contribution in [3.05, 3.63) is 0 Å².